The predicted molar refractivity (Wildman–Crippen MR) is 411 cm³/mol. The summed E-state index contributed by atoms with van der Waals surface area (Å²) in [5.41, 5.74) is -0.301. The number of carbonyl (C=O) groups excluding carboxylic acids is 8. The van der Waals surface area contributed by atoms with Crippen LogP contribution in [0.3, 0.4) is 0 Å². The van der Waals surface area contributed by atoms with Crippen molar-refractivity contribution in [2.24, 2.45) is 5.92 Å². The lowest BCUT2D eigenvalue weighted by Gasteiger charge is -2.42. The molecule has 7 rings (SSSR count). The lowest BCUT2D eigenvalue weighted by atomic mass is 9.97. The van der Waals surface area contributed by atoms with Crippen LogP contribution >= 0.6 is 0 Å². The standard InChI is InChI=1S/C73H122N16O34/c1-46-33-59(99)89(69(46)106)10-6-56(96)75-9-15-108-20-19-107-14-7-57(97)74-8-5-58(98)79-73(43-115-40-50-34-86(83-80-50)11-16-109-21-24-112-27-30-118-70-60(76-47(2)93)66(103)63(100)53(37-90)121-70,44-116-41-51-35-87(84-81-51)12-17-110-22-25-113-28-31-119-71-61(77-48(3)94)67(104)64(101)54(38-91)122-71)45-117-42-52-36-88(85-82-52)13-18-111-23-26-114-29-32-120-72-62(78-49(4)95)68(105)65(102)55(39-92)123-72/h34-36,46,53-55,60-68,70-72,90-92,100-105H,5-33,37-45H2,1-4H3,(H,74,97)(H,75,96)(H,76,93)(H,77,94)(H,78,95)(H,79,98)/t46?,53?,54?,55?,60-,61-,62-,63-,64-,65-,66?,67?,68?,70+,71+,72+,73?/m1/s1. The van der Waals surface area contributed by atoms with Crippen molar-refractivity contribution in [2.45, 2.75) is 190 Å². The average Bonchev–Trinajstić information content (AvgIpc) is 1.30. The largest absolute Gasteiger partial charge is 0.394 e. The van der Waals surface area contributed by atoms with Crippen LogP contribution in [0.15, 0.2) is 18.6 Å². The van der Waals surface area contributed by atoms with Gasteiger partial charge in [-0.2, -0.15) is 0 Å². The second-order valence-electron chi connectivity index (χ2n) is 29.0. The molecule has 4 fully saturated rings. The zero-order chi connectivity index (χ0) is 88.9. The summed E-state index contributed by atoms with van der Waals surface area (Å²) < 4.78 is 102. The molecule has 3 aromatic heterocycles. The topological polar surface area (TPSA) is 643 Å². The fourth-order valence-corrected chi connectivity index (χ4v) is 12.7. The van der Waals surface area contributed by atoms with E-state index in [-0.39, 0.29) is 248 Å². The minimum atomic E-state index is -1.48. The molecule has 4 aliphatic heterocycles. The first-order valence-electron chi connectivity index (χ1n) is 40.6. The highest BCUT2D eigenvalue weighted by Crippen LogP contribution is 2.26. The van der Waals surface area contributed by atoms with Crippen molar-refractivity contribution in [1.82, 2.24) is 81.8 Å². The van der Waals surface area contributed by atoms with Gasteiger partial charge >= 0.3 is 0 Å². The fourth-order valence-electron chi connectivity index (χ4n) is 12.7. The maximum Gasteiger partial charge on any atom is 0.232 e. The highest BCUT2D eigenvalue weighted by atomic mass is 16.7. The van der Waals surface area contributed by atoms with Gasteiger partial charge < -0.3 is 158 Å². The number of carbonyl (C=O) groups is 8. The molecule has 3 aromatic rings. The monoisotopic (exact) mass is 1770 g/mol. The van der Waals surface area contributed by atoms with Crippen molar-refractivity contribution in [1.29, 1.82) is 0 Å². The zero-order valence-electron chi connectivity index (χ0n) is 69.5. The maximum atomic E-state index is 14.2. The number of rotatable bonds is 64. The molecule has 7 unspecified atom stereocenters. The van der Waals surface area contributed by atoms with Crippen LogP contribution in [-0.4, -0.2) is 425 Å². The van der Waals surface area contributed by atoms with E-state index in [9.17, 15) is 84.3 Å². The van der Waals surface area contributed by atoms with E-state index in [2.05, 4.69) is 62.8 Å². The van der Waals surface area contributed by atoms with Gasteiger partial charge in [-0.15, -0.1) is 15.3 Å². The molecule has 0 radical (unpaired) electrons. The average molecular weight is 1770 g/mol. The molecule has 15 N–H and O–H groups in total. The highest BCUT2D eigenvalue weighted by molar-refractivity contribution is 6.03. The predicted octanol–water partition coefficient (Wildman–Crippen LogP) is -9.92. The van der Waals surface area contributed by atoms with Gasteiger partial charge in [0.1, 0.15) is 95.7 Å². The number of aliphatic hydroxyl groups excluding tert-OH is 9. The molecule has 8 amide bonds. The number of nitrogens with one attached hydrogen (secondary N) is 6. The van der Waals surface area contributed by atoms with Gasteiger partial charge in [0.25, 0.3) is 0 Å². The number of imide groups is 1. The normalized spacial score (nSPS) is 24.6. The van der Waals surface area contributed by atoms with E-state index in [0.29, 0.717) is 17.1 Å². The van der Waals surface area contributed by atoms with E-state index in [0.717, 1.165) is 4.90 Å². The smallest absolute Gasteiger partial charge is 0.232 e. The van der Waals surface area contributed by atoms with Crippen LogP contribution in [0.1, 0.15) is 70.5 Å². The van der Waals surface area contributed by atoms with E-state index < -0.39 is 153 Å². The molecule has 4 saturated heterocycles. The first-order chi connectivity index (χ1) is 59.3. The van der Waals surface area contributed by atoms with Crippen molar-refractivity contribution in [3.63, 3.8) is 0 Å². The van der Waals surface area contributed by atoms with E-state index >= 15 is 0 Å². The molecule has 7 heterocycles. The summed E-state index contributed by atoms with van der Waals surface area (Å²) in [4.78, 5) is 100. The lowest BCUT2D eigenvalue weighted by molar-refractivity contribution is -0.272. The molecule has 123 heavy (non-hydrogen) atoms. The zero-order valence-corrected chi connectivity index (χ0v) is 69.5. The highest BCUT2D eigenvalue weighted by Gasteiger charge is 2.48. The Morgan fingerprint density at radius 1 is 0.415 bits per heavy atom. The van der Waals surface area contributed by atoms with Crippen molar-refractivity contribution >= 4 is 47.3 Å². The number of aliphatic hydroxyl groups is 9. The van der Waals surface area contributed by atoms with E-state index in [4.69, 9.17) is 80.5 Å². The number of nitrogens with zero attached hydrogens (tertiary/aromatic N) is 10. The Balaban J connectivity index is 0.911. The summed E-state index contributed by atoms with van der Waals surface area (Å²) >= 11 is 0. The van der Waals surface area contributed by atoms with Crippen LogP contribution in [-0.2, 0) is 158 Å². The number of hydrogen-bond acceptors (Lipinski definition) is 40. The number of amides is 8. The third kappa shape index (κ3) is 36.7. The fraction of sp³-hybridized carbons (Fsp3) is 0.808. The Hall–Kier alpha value is -7.66. The van der Waals surface area contributed by atoms with Gasteiger partial charge in [0, 0.05) is 72.0 Å². The van der Waals surface area contributed by atoms with Gasteiger partial charge in [-0.05, 0) is 0 Å². The maximum absolute atomic E-state index is 14.2. The molecule has 50 nitrogen and oxygen atoms in total. The Morgan fingerprint density at radius 3 is 1.10 bits per heavy atom. The summed E-state index contributed by atoms with van der Waals surface area (Å²) in [6, 6.07) is -3.31. The molecule has 4 aliphatic rings. The molecular weight excluding hydrogens is 1640 g/mol. The number of hydrogen-bond donors (Lipinski definition) is 15. The molecule has 0 bridgehead atoms. The number of aromatic nitrogens is 9. The first kappa shape index (κ1) is 102. The van der Waals surface area contributed by atoms with Crippen LogP contribution in [0, 0.1) is 5.92 Å². The van der Waals surface area contributed by atoms with Gasteiger partial charge in [0.15, 0.2) is 18.9 Å². The summed E-state index contributed by atoms with van der Waals surface area (Å²) in [6.07, 6.45) is -11.0. The number of ether oxygens (including phenoxy) is 17. The van der Waals surface area contributed by atoms with Crippen LogP contribution in [0.4, 0.5) is 0 Å². The third-order valence-corrected chi connectivity index (χ3v) is 19.0. The molecule has 0 aliphatic carbocycles. The quantitative estimate of drug-likeness (QED) is 0.0184. The van der Waals surface area contributed by atoms with E-state index in [1.165, 1.54) is 34.8 Å². The molecule has 0 spiro atoms. The Bertz CT molecular complexity index is 3310. The lowest BCUT2D eigenvalue weighted by Crippen LogP contribution is -2.64. The van der Waals surface area contributed by atoms with Crippen LogP contribution in [0.2, 0.25) is 0 Å². The van der Waals surface area contributed by atoms with Crippen molar-refractivity contribution in [3.05, 3.63) is 35.7 Å². The molecule has 50 heteroatoms. The van der Waals surface area contributed by atoms with Crippen molar-refractivity contribution in [3.8, 4) is 0 Å². The van der Waals surface area contributed by atoms with Crippen LogP contribution < -0.4 is 31.9 Å². The molecule has 0 aromatic carbocycles. The van der Waals surface area contributed by atoms with E-state index in [1.807, 2.05) is 0 Å². The number of likely N-dealkylation sites (tertiary alicyclic amines) is 1. The SMILES string of the molecule is CC(=O)N[C@@H]1C(O)[C@H](O)C(CO)O[C@@H]1OCCOCCOCCn1cc(COCC(COCc2cn(CCOCCOCCO[C@H]3OC(CO)[C@@H](O)C(O)[C@H]3NC(C)=O)nn2)(COCc2cn(CCOCCOCCO[C@H]3OC(CO)[C@@H](O)C(O)[C@H]3NC(C)=O)nn2)NC(=O)CCNC(=O)CCOCCOCCNC(=O)CCN2C(=O)CC(C)C2=O)nn1. The van der Waals surface area contributed by atoms with E-state index in [1.54, 1.807) is 25.5 Å². The summed E-state index contributed by atoms with van der Waals surface area (Å²) in [5.74, 6) is -3.77. The van der Waals surface area contributed by atoms with Crippen molar-refractivity contribution < 1.29 is 165 Å². The summed E-state index contributed by atoms with van der Waals surface area (Å²) in [7, 11) is 0. The van der Waals surface area contributed by atoms with Gasteiger partial charge in [-0.1, -0.05) is 22.6 Å². The van der Waals surface area contributed by atoms with Gasteiger partial charge in [0.05, 0.1) is 223 Å². The van der Waals surface area contributed by atoms with Crippen molar-refractivity contribution in [2.75, 3.05) is 185 Å². The second-order valence-corrected chi connectivity index (χ2v) is 29.0. The van der Waals surface area contributed by atoms with Gasteiger partial charge in [-0.25, -0.2) is 14.0 Å². The Morgan fingerprint density at radius 2 is 0.748 bits per heavy atom. The second kappa shape index (κ2) is 56.4. The third-order valence-electron chi connectivity index (χ3n) is 19.0. The minimum Gasteiger partial charge on any atom is -0.394 e. The first-order valence-corrected chi connectivity index (χ1v) is 40.6. The van der Waals surface area contributed by atoms with Crippen LogP contribution in [0.5, 0.6) is 0 Å². The molecule has 16 atom stereocenters. The minimum absolute atomic E-state index is 0.00331. The Labute approximate surface area is 708 Å². The van der Waals surface area contributed by atoms with Crippen LogP contribution in [0.25, 0.3) is 0 Å². The van der Waals surface area contributed by atoms with Gasteiger partial charge in [0.2, 0.25) is 47.3 Å². The Kier molecular flexibility index (Phi) is 47.0. The van der Waals surface area contributed by atoms with Gasteiger partial charge in [-0.3, -0.25) is 43.3 Å². The molecular formula is C73H122N16O34. The summed E-state index contributed by atoms with van der Waals surface area (Å²) in [5, 5.41) is 133. The molecule has 698 valence electrons. The molecule has 0 saturated carbocycles. The summed E-state index contributed by atoms with van der Waals surface area (Å²) in [6.45, 7) is 5.52.